The first-order valence-electron chi connectivity index (χ1n) is 8.03. The molecule has 2 aromatic rings. The molecule has 0 aliphatic carbocycles. The molecule has 3 rings (SSSR count). The predicted molar refractivity (Wildman–Crippen MR) is 89.9 cm³/mol. The number of alkyl halides is 1. The molecule has 0 unspecified atom stereocenters. The van der Waals surface area contributed by atoms with Crippen LogP contribution in [0.1, 0.15) is 35.1 Å². The van der Waals surface area contributed by atoms with Gasteiger partial charge in [0.05, 0.1) is 18.0 Å². The van der Waals surface area contributed by atoms with Gasteiger partial charge in [0, 0.05) is 13.0 Å². The average Bonchev–Trinajstić information content (AvgIpc) is 2.93. The van der Waals surface area contributed by atoms with Gasteiger partial charge in [0.15, 0.2) is 0 Å². The van der Waals surface area contributed by atoms with Gasteiger partial charge in [0.1, 0.15) is 6.17 Å². The number of halogens is 1. The van der Waals surface area contributed by atoms with Crippen molar-refractivity contribution in [3.63, 3.8) is 0 Å². The molecule has 0 aromatic heterocycles. The summed E-state index contributed by atoms with van der Waals surface area (Å²) in [6.45, 7) is 2.45. The molecule has 1 fully saturated rings. The van der Waals surface area contributed by atoms with Crippen LogP contribution in [0, 0.1) is 18.3 Å². The Hall–Kier alpha value is -2.18. The number of nitrogens with zero attached hydrogens (tertiary/aromatic N) is 1. The summed E-state index contributed by atoms with van der Waals surface area (Å²) in [6.07, 6.45) is 0.676. The minimum Gasteiger partial charge on any atom is -0.304 e. The molecule has 0 bridgehead atoms. The van der Waals surface area contributed by atoms with Gasteiger partial charge >= 0.3 is 0 Å². The Morgan fingerprint density at radius 1 is 1.22 bits per heavy atom. The molecule has 1 aliphatic heterocycles. The summed E-state index contributed by atoms with van der Waals surface area (Å²) in [5, 5.41) is 12.3. The largest absolute Gasteiger partial charge is 0.304 e. The topological polar surface area (TPSA) is 35.8 Å². The maximum Gasteiger partial charge on any atom is 0.115 e. The molecule has 2 nitrogen and oxygen atoms in total. The van der Waals surface area contributed by atoms with Gasteiger partial charge in [-0.05, 0) is 35.6 Å². The highest BCUT2D eigenvalue weighted by Crippen LogP contribution is 2.35. The van der Waals surface area contributed by atoms with Crippen LogP contribution in [0.25, 0.3) is 0 Å². The third-order valence-corrected chi connectivity index (χ3v) is 4.78. The van der Waals surface area contributed by atoms with Crippen LogP contribution in [0.4, 0.5) is 4.39 Å². The molecule has 2 atom stereocenters. The number of hydrogen-bond acceptors (Lipinski definition) is 2. The second-order valence-corrected chi connectivity index (χ2v) is 6.40. The molecule has 0 radical (unpaired) electrons. The lowest BCUT2D eigenvalue weighted by Crippen LogP contribution is -2.36. The maximum absolute atomic E-state index is 13.7. The zero-order valence-electron chi connectivity index (χ0n) is 13.3. The lowest BCUT2D eigenvalue weighted by Gasteiger charge is -2.27. The van der Waals surface area contributed by atoms with Crippen molar-refractivity contribution in [3.05, 3.63) is 70.8 Å². The van der Waals surface area contributed by atoms with Crippen molar-refractivity contribution in [2.24, 2.45) is 0 Å². The quantitative estimate of drug-likeness (QED) is 0.926. The second-order valence-electron chi connectivity index (χ2n) is 6.40. The van der Waals surface area contributed by atoms with E-state index in [1.807, 2.05) is 18.2 Å². The molecule has 118 valence electrons. The molecular formula is C20H21FN2. The highest BCUT2D eigenvalue weighted by atomic mass is 19.1. The van der Waals surface area contributed by atoms with Crippen molar-refractivity contribution in [3.8, 4) is 6.07 Å². The smallest absolute Gasteiger partial charge is 0.115 e. The molecule has 0 amide bonds. The van der Waals surface area contributed by atoms with Crippen molar-refractivity contribution in [2.45, 2.75) is 37.9 Å². The van der Waals surface area contributed by atoms with Crippen LogP contribution in [0.2, 0.25) is 0 Å². The van der Waals surface area contributed by atoms with Crippen LogP contribution in [-0.2, 0) is 12.0 Å². The third kappa shape index (κ3) is 3.28. The van der Waals surface area contributed by atoms with Gasteiger partial charge in [-0.25, -0.2) is 4.39 Å². The van der Waals surface area contributed by atoms with E-state index >= 15 is 0 Å². The molecular weight excluding hydrogens is 287 g/mol. The Kier molecular flexibility index (Phi) is 4.45. The molecule has 1 saturated heterocycles. The van der Waals surface area contributed by atoms with E-state index in [0.717, 1.165) is 12.0 Å². The fourth-order valence-electron chi connectivity index (χ4n) is 3.39. The highest BCUT2D eigenvalue weighted by Gasteiger charge is 2.40. The molecule has 2 aromatic carbocycles. The molecule has 1 N–H and O–H groups in total. The maximum atomic E-state index is 13.7. The van der Waals surface area contributed by atoms with Gasteiger partial charge in [-0.2, -0.15) is 5.26 Å². The number of aryl methyl sites for hydroxylation is 1. The predicted octanol–water partition coefficient (Wildman–Crippen LogP) is 4.03. The molecule has 3 heteroatoms. The number of benzene rings is 2. The van der Waals surface area contributed by atoms with Crippen LogP contribution in [0.3, 0.4) is 0 Å². The molecule has 0 spiro atoms. The molecule has 23 heavy (non-hydrogen) atoms. The van der Waals surface area contributed by atoms with Crippen molar-refractivity contribution in [1.82, 2.24) is 5.32 Å². The Morgan fingerprint density at radius 3 is 2.57 bits per heavy atom. The summed E-state index contributed by atoms with van der Waals surface area (Å²) in [5.74, 6) is 0. The van der Waals surface area contributed by atoms with Crippen molar-refractivity contribution >= 4 is 0 Å². The van der Waals surface area contributed by atoms with Gasteiger partial charge in [-0.3, -0.25) is 0 Å². The number of hydrogen-bond donors (Lipinski definition) is 1. The number of nitrogens with one attached hydrogen (secondary N) is 1. The first-order valence-corrected chi connectivity index (χ1v) is 8.03. The SMILES string of the molecule is Cc1ccccc1Cc1ccc([C@@]2(CC#N)C[C@@H](F)CN2)cc1. The van der Waals surface area contributed by atoms with E-state index in [0.29, 0.717) is 19.4 Å². The lowest BCUT2D eigenvalue weighted by atomic mass is 9.84. The Balaban J connectivity index is 1.82. The Labute approximate surface area is 137 Å². The fraction of sp³-hybridized carbons (Fsp3) is 0.350. The first-order chi connectivity index (χ1) is 11.1. The molecule has 1 aliphatic rings. The van der Waals surface area contributed by atoms with E-state index in [-0.39, 0.29) is 0 Å². The summed E-state index contributed by atoms with van der Waals surface area (Å²) in [7, 11) is 0. The second kappa shape index (κ2) is 6.52. The van der Waals surface area contributed by atoms with E-state index in [9.17, 15) is 4.39 Å². The number of rotatable bonds is 4. The van der Waals surface area contributed by atoms with E-state index in [4.69, 9.17) is 5.26 Å². The van der Waals surface area contributed by atoms with E-state index in [1.165, 1.54) is 16.7 Å². The highest BCUT2D eigenvalue weighted by molar-refractivity contribution is 5.36. The van der Waals surface area contributed by atoms with Crippen LogP contribution in [0.15, 0.2) is 48.5 Å². The van der Waals surface area contributed by atoms with Crippen molar-refractivity contribution in [2.75, 3.05) is 6.54 Å². The zero-order valence-corrected chi connectivity index (χ0v) is 13.3. The summed E-state index contributed by atoms with van der Waals surface area (Å²) in [6, 6.07) is 18.8. The van der Waals surface area contributed by atoms with Gasteiger partial charge in [-0.15, -0.1) is 0 Å². The van der Waals surface area contributed by atoms with E-state index < -0.39 is 11.7 Å². The fourth-order valence-corrected chi connectivity index (χ4v) is 3.39. The molecule has 1 heterocycles. The van der Waals surface area contributed by atoms with Gasteiger partial charge < -0.3 is 5.32 Å². The summed E-state index contributed by atoms with van der Waals surface area (Å²) < 4.78 is 13.7. The van der Waals surface area contributed by atoms with Gasteiger partial charge in [0.2, 0.25) is 0 Å². The van der Waals surface area contributed by atoms with E-state index in [1.54, 1.807) is 0 Å². The summed E-state index contributed by atoms with van der Waals surface area (Å²) in [4.78, 5) is 0. The van der Waals surface area contributed by atoms with Gasteiger partial charge in [-0.1, -0.05) is 48.5 Å². The van der Waals surface area contributed by atoms with Crippen LogP contribution >= 0.6 is 0 Å². The Morgan fingerprint density at radius 2 is 1.96 bits per heavy atom. The van der Waals surface area contributed by atoms with Crippen LogP contribution in [-0.4, -0.2) is 12.7 Å². The van der Waals surface area contributed by atoms with Crippen molar-refractivity contribution < 1.29 is 4.39 Å². The standard InChI is InChI=1S/C20H21FN2/c1-15-4-2-3-5-17(15)12-16-6-8-18(9-7-16)20(10-11-22)13-19(21)14-23-20/h2-9,19,23H,10,12-14H2,1H3/t19-,20-/m1/s1. The summed E-state index contributed by atoms with van der Waals surface area (Å²) in [5.41, 5.74) is 4.30. The lowest BCUT2D eigenvalue weighted by molar-refractivity contribution is 0.323. The molecule has 0 saturated carbocycles. The zero-order chi connectivity index (χ0) is 16.3. The summed E-state index contributed by atoms with van der Waals surface area (Å²) >= 11 is 0. The number of nitriles is 1. The van der Waals surface area contributed by atoms with Crippen LogP contribution < -0.4 is 5.32 Å². The minimum atomic E-state index is -0.880. The normalized spacial score (nSPS) is 23.6. The van der Waals surface area contributed by atoms with Gasteiger partial charge in [0.25, 0.3) is 0 Å². The third-order valence-electron chi connectivity index (χ3n) is 4.78. The van der Waals surface area contributed by atoms with Crippen LogP contribution in [0.5, 0.6) is 0 Å². The first kappa shape index (κ1) is 15.7. The Bertz CT molecular complexity index is 717. The van der Waals surface area contributed by atoms with Crippen molar-refractivity contribution in [1.29, 1.82) is 5.26 Å². The van der Waals surface area contributed by atoms with E-state index in [2.05, 4.69) is 48.6 Å². The minimum absolute atomic E-state index is 0.296. The average molecular weight is 308 g/mol. The monoisotopic (exact) mass is 308 g/mol.